The second kappa shape index (κ2) is 6.09. The molecule has 0 bridgehead atoms. The van der Waals surface area contributed by atoms with Gasteiger partial charge in [0.05, 0.1) is 6.54 Å². The van der Waals surface area contributed by atoms with Crippen LogP contribution < -0.4 is 5.32 Å². The summed E-state index contributed by atoms with van der Waals surface area (Å²) < 4.78 is 0. The van der Waals surface area contributed by atoms with Crippen molar-refractivity contribution in [3.8, 4) is 0 Å². The van der Waals surface area contributed by atoms with Crippen LogP contribution >= 0.6 is 12.4 Å². The summed E-state index contributed by atoms with van der Waals surface area (Å²) in [7, 11) is 0. The van der Waals surface area contributed by atoms with E-state index < -0.39 is 0 Å². The molecular weight excluding hydrogens is 266 g/mol. The molecule has 0 aromatic carbocycles. The molecule has 0 spiro atoms. The van der Waals surface area contributed by atoms with Crippen molar-refractivity contribution in [1.82, 2.24) is 15.1 Å². The third-order valence-electron chi connectivity index (χ3n) is 4.20. The summed E-state index contributed by atoms with van der Waals surface area (Å²) in [4.78, 5) is 27.9. The van der Waals surface area contributed by atoms with Crippen LogP contribution in [0.5, 0.6) is 0 Å². The van der Waals surface area contributed by atoms with E-state index in [-0.39, 0.29) is 24.4 Å². The van der Waals surface area contributed by atoms with Crippen LogP contribution in [0.1, 0.15) is 25.7 Å². The van der Waals surface area contributed by atoms with Gasteiger partial charge < -0.3 is 15.1 Å². The zero-order chi connectivity index (χ0) is 12.5. The molecule has 5 nitrogen and oxygen atoms in total. The van der Waals surface area contributed by atoms with Crippen LogP contribution in [0.25, 0.3) is 0 Å². The van der Waals surface area contributed by atoms with E-state index in [0.717, 1.165) is 51.9 Å². The second-order valence-corrected chi connectivity index (χ2v) is 5.62. The number of carbonyl (C=O) groups excluding carboxylic acids is 2. The zero-order valence-corrected chi connectivity index (χ0v) is 12.0. The van der Waals surface area contributed by atoms with Gasteiger partial charge in [0, 0.05) is 38.1 Å². The SMILES string of the molecule is Cl.O=C(C1CC1)N1CCCC(N2CCNCC2=O)C1. The smallest absolute Gasteiger partial charge is 0.236 e. The molecule has 3 fully saturated rings. The van der Waals surface area contributed by atoms with Crippen LogP contribution in [-0.4, -0.2) is 60.4 Å². The summed E-state index contributed by atoms with van der Waals surface area (Å²) in [5, 5.41) is 3.09. The number of halogens is 1. The first-order valence-electron chi connectivity index (χ1n) is 7.04. The molecule has 1 atom stereocenters. The van der Waals surface area contributed by atoms with E-state index in [0.29, 0.717) is 18.4 Å². The average Bonchev–Trinajstić information content (AvgIpc) is 3.23. The standard InChI is InChI=1S/C13H21N3O2.ClH/c17-12-8-14-5-7-16(12)11-2-1-6-15(9-11)13(18)10-3-4-10;/h10-11,14H,1-9H2;1H. The molecule has 1 aliphatic carbocycles. The topological polar surface area (TPSA) is 52.7 Å². The summed E-state index contributed by atoms with van der Waals surface area (Å²) in [6.07, 6.45) is 4.19. The van der Waals surface area contributed by atoms with Crippen molar-refractivity contribution in [3.63, 3.8) is 0 Å². The summed E-state index contributed by atoms with van der Waals surface area (Å²) in [6.45, 7) is 3.74. The minimum absolute atomic E-state index is 0. The Morgan fingerprint density at radius 2 is 2.00 bits per heavy atom. The van der Waals surface area contributed by atoms with Gasteiger partial charge >= 0.3 is 0 Å². The number of piperidine rings is 1. The lowest BCUT2D eigenvalue weighted by Crippen LogP contribution is -2.57. The maximum atomic E-state index is 12.1. The van der Waals surface area contributed by atoms with Crippen molar-refractivity contribution in [2.75, 3.05) is 32.7 Å². The maximum Gasteiger partial charge on any atom is 0.236 e. The molecule has 0 aromatic rings. The largest absolute Gasteiger partial charge is 0.340 e. The molecule has 1 unspecified atom stereocenters. The van der Waals surface area contributed by atoms with Gasteiger partial charge in [-0.25, -0.2) is 0 Å². The molecule has 0 aromatic heterocycles. The fourth-order valence-electron chi connectivity index (χ4n) is 3.01. The molecule has 3 rings (SSSR count). The molecule has 3 aliphatic rings. The molecule has 0 radical (unpaired) electrons. The van der Waals surface area contributed by atoms with E-state index in [4.69, 9.17) is 0 Å². The highest BCUT2D eigenvalue weighted by Gasteiger charge is 2.37. The second-order valence-electron chi connectivity index (χ2n) is 5.62. The van der Waals surface area contributed by atoms with Crippen molar-refractivity contribution < 1.29 is 9.59 Å². The van der Waals surface area contributed by atoms with Crippen molar-refractivity contribution in [1.29, 1.82) is 0 Å². The lowest BCUT2D eigenvalue weighted by atomic mass is 10.0. The first-order chi connectivity index (χ1) is 8.75. The van der Waals surface area contributed by atoms with E-state index >= 15 is 0 Å². The average molecular weight is 288 g/mol. The first kappa shape index (κ1) is 14.6. The number of amides is 2. The highest BCUT2D eigenvalue weighted by molar-refractivity contribution is 5.85. The van der Waals surface area contributed by atoms with Crippen LogP contribution in [0.3, 0.4) is 0 Å². The Bertz CT molecular complexity index is 360. The number of piperazine rings is 1. The first-order valence-corrected chi connectivity index (χ1v) is 7.04. The quantitative estimate of drug-likeness (QED) is 0.792. The minimum Gasteiger partial charge on any atom is -0.340 e. The van der Waals surface area contributed by atoms with Crippen molar-refractivity contribution >= 4 is 24.2 Å². The van der Waals surface area contributed by atoms with Crippen molar-refractivity contribution in [3.05, 3.63) is 0 Å². The Balaban J connectivity index is 0.00000133. The van der Waals surface area contributed by atoms with Crippen LogP contribution in [0.2, 0.25) is 0 Å². The van der Waals surface area contributed by atoms with Crippen LogP contribution in [0.15, 0.2) is 0 Å². The highest BCUT2D eigenvalue weighted by Crippen LogP contribution is 2.32. The van der Waals surface area contributed by atoms with Gasteiger partial charge in [0.1, 0.15) is 0 Å². The molecule has 1 saturated carbocycles. The number of nitrogens with zero attached hydrogens (tertiary/aromatic N) is 2. The van der Waals surface area contributed by atoms with Gasteiger partial charge in [-0.1, -0.05) is 0 Å². The van der Waals surface area contributed by atoms with E-state index in [1.807, 2.05) is 9.80 Å². The molecular formula is C13H22ClN3O2. The predicted molar refractivity (Wildman–Crippen MR) is 74.2 cm³/mol. The molecule has 1 N–H and O–H groups in total. The molecule has 2 saturated heterocycles. The molecule has 2 amide bonds. The highest BCUT2D eigenvalue weighted by atomic mass is 35.5. The van der Waals surface area contributed by atoms with Gasteiger partial charge in [-0.3, -0.25) is 9.59 Å². The number of rotatable bonds is 2. The Labute approximate surface area is 120 Å². The van der Waals surface area contributed by atoms with Gasteiger partial charge in [0.25, 0.3) is 0 Å². The number of carbonyl (C=O) groups is 2. The zero-order valence-electron chi connectivity index (χ0n) is 11.1. The molecule has 2 aliphatic heterocycles. The lowest BCUT2D eigenvalue weighted by molar-refractivity contribution is -0.141. The lowest BCUT2D eigenvalue weighted by Gasteiger charge is -2.41. The summed E-state index contributed by atoms with van der Waals surface area (Å²) >= 11 is 0. The van der Waals surface area contributed by atoms with Crippen LogP contribution in [0, 0.1) is 5.92 Å². The molecule has 6 heteroatoms. The Morgan fingerprint density at radius 3 is 2.68 bits per heavy atom. The molecule has 108 valence electrons. The van der Waals surface area contributed by atoms with Gasteiger partial charge in [0.15, 0.2) is 0 Å². The normalized spacial score (nSPS) is 28.0. The van der Waals surface area contributed by atoms with E-state index in [2.05, 4.69) is 5.32 Å². The van der Waals surface area contributed by atoms with Crippen LogP contribution in [0.4, 0.5) is 0 Å². The fraction of sp³-hybridized carbons (Fsp3) is 0.846. The number of nitrogens with one attached hydrogen (secondary N) is 1. The number of hydrogen-bond donors (Lipinski definition) is 1. The summed E-state index contributed by atoms with van der Waals surface area (Å²) in [5.74, 6) is 0.803. The Kier molecular flexibility index (Phi) is 4.68. The molecule has 2 heterocycles. The Morgan fingerprint density at radius 1 is 1.21 bits per heavy atom. The monoisotopic (exact) mass is 287 g/mol. The minimum atomic E-state index is 0. The predicted octanol–water partition coefficient (Wildman–Crippen LogP) is 0.241. The van der Waals surface area contributed by atoms with Crippen LogP contribution in [-0.2, 0) is 9.59 Å². The van der Waals surface area contributed by atoms with Gasteiger partial charge in [-0.15, -0.1) is 12.4 Å². The van der Waals surface area contributed by atoms with Gasteiger partial charge in [-0.05, 0) is 25.7 Å². The number of likely N-dealkylation sites (tertiary alicyclic amines) is 1. The molecule has 19 heavy (non-hydrogen) atoms. The third kappa shape index (κ3) is 3.20. The van der Waals surface area contributed by atoms with E-state index in [1.54, 1.807) is 0 Å². The Hall–Kier alpha value is -0.810. The van der Waals surface area contributed by atoms with Gasteiger partial charge in [-0.2, -0.15) is 0 Å². The van der Waals surface area contributed by atoms with E-state index in [9.17, 15) is 9.59 Å². The summed E-state index contributed by atoms with van der Waals surface area (Å²) in [5.41, 5.74) is 0. The van der Waals surface area contributed by atoms with E-state index in [1.165, 1.54) is 0 Å². The van der Waals surface area contributed by atoms with Gasteiger partial charge in [0.2, 0.25) is 11.8 Å². The summed E-state index contributed by atoms with van der Waals surface area (Å²) in [6, 6.07) is 0.246. The fourth-order valence-corrected chi connectivity index (χ4v) is 3.01. The van der Waals surface area contributed by atoms with Crippen molar-refractivity contribution in [2.24, 2.45) is 5.92 Å². The maximum absolute atomic E-state index is 12.1. The third-order valence-corrected chi connectivity index (χ3v) is 4.20. The van der Waals surface area contributed by atoms with Crippen molar-refractivity contribution in [2.45, 2.75) is 31.7 Å². The number of hydrogen-bond acceptors (Lipinski definition) is 3.